The van der Waals surface area contributed by atoms with Crippen LogP contribution in [0.2, 0.25) is 0 Å². The van der Waals surface area contributed by atoms with E-state index >= 15 is 0 Å². The number of ether oxygens (including phenoxy) is 1. The Hall–Kier alpha value is -3.42. The van der Waals surface area contributed by atoms with Crippen molar-refractivity contribution in [3.63, 3.8) is 0 Å². The monoisotopic (exact) mass is 378 g/mol. The first-order valence-electron chi connectivity index (χ1n) is 9.25. The van der Waals surface area contributed by atoms with Gasteiger partial charge in [0.1, 0.15) is 17.4 Å². The lowest BCUT2D eigenvalue weighted by Crippen LogP contribution is -2.35. The SMILES string of the molecule is COc1ccccc1C(=O)Nc1ccnn1C1CCN(c2cnccn2)CC1. The predicted molar refractivity (Wildman–Crippen MR) is 106 cm³/mol. The summed E-state index contributed by atoms with van der Waals surface area (Å²) < 4.78 is 7.19. The van der Waals surface area contributed by atoms with Crippen LogP contribution in [-0.4, -0.2) is 45.9 Å². The Morgan fingerprint density at radius 3 is 2.71 bits per heavy atom. The molecule has 1 saturated heterocycles. The summed E-state index contributed by atoms with van der Waals surface area (Å²) in [5.41, 5.74) is 0.496. The third kappa shape index (κ3) is 3.66. The van der Waals surface area contributed by atoms with E-state index in [1.807, 2.05) is 22.9 Å². The molecule has 8 nitrogen and oxygen atoms in total. The van der Waals surface area contributed by atoms with Crippen LogP contribution in [0.15, 0.2) is 55.1 Å². The van der Waals surface area contributed by atoms with E-state index in [4.69, 9.17) is 4.74 Å². The Morgan fingerprint density at radius 2 is 1.96 bits per heavy atom. The van der Waals surface area contributed by atoms with E-state index < -0.39 is 0 Å². The fourth-order valence-corrected chi connectivity index (χ4v) is 3.51. The first kappa shape index (κ1) is 18.0. The van der Waals surface area contributed by atoms with E-state index in [0.29, 0.717) is 17.1 Å². The number of piperidine rings is 1. The molecule has 0 spiro atoms. The number of rotatable bonds is 5. The first-order chi connectivity index (χ1) is 13.8. The third-order valence-electron chi connectivity index (χ3n) is 4.95. The Balaban J connectivity index is 1.44. The van der Waals surface area contributed by atoms with Crippen molar-refractivity contribution in [1.82, 2.24) is 19.7 Å². The average Bonchev–Trinajstić information content (AvgIpc) is 3.22. The second-order valence-electron chi connectivity index (χ2n) is 6.60. The number of amides is 1. The minimum atomic E-state index is -0.212. The molecule has 28 heavy (non-hydrogen) atoms. The van der Waals surface area contributed by atoms with Gasteiger partial charge in [-0.25, -0.2) is 9.67 Å². The van der Waals surface area contributed by atoms with Gasteiger partial charge < -0.3 is 15.0 Å². The summed E-state index contributed by atoms with van der Waals surface area (Å²) in [6, 6.07) is 9.21. The van der Waals surface area contributed by atoms with Crippen molar-refractivity contribution in [2.45, 2.75) is 18.9 Å². The van der Waals surface area contributed by atoms with Crippen LogP contribution in [-0.2, 0) is 0 Å². The molecule has 1 fully saturated rings. The fraction of sp³-hybridized carbons (Fsp3) is 0.300. The van der Waals surface area contributed by atoms with Crippen LogP contribution in [0.25, 0.3) is 0 Å². The minimum Gasteiger partial charge on any atom is -0.496 e. The van der Waals surface area contributed by atoms with Gasteiger partial charge in [0.2, 0.25) is 0 Å². The van der Waals surface area contributed by atoms with E-state index in [1.54, 1.807) is 44.0 Å². The Bertz CT molecular complexity index is 935. The molecule has 3 heterocycles. The van der Waals surface area contributed by atoms with Crippen LogP contribution in [0.4, 0.5) is 11.6 Å². The molecule has 1 aromatic carbocycles. The van der Waals surface area contributed by atoms with Crippen LogP contribution < -0.4 is 15.0 Å². The molecule has 2 aromatic heterocycles. The second-order valence-corrected chi connectivity index (χ2v) is 6.60. The molecule has 1 N–H and O–H groups in total. The highest BCUT2D eigenvalue weighted by atomic mass is 16.5. The van der Waals surface area contributed by atoms with Crippen molar-refractivity contribution < 1.29 is 9.53 Å². The van der Waals surface area contributed by atoms with Crippen LogP contribution >= 0.6 is 0 Å². The summed E-state index contributed by atoms with van der Waals surface area (Å²) in [5, 5.41) is 7.42. The van der Waals surface area contributed by atoms with Crippen molar-refractivity contribution in [3.05, 3.63) is 60.7 Å². The van der Waals surface area contributed by atoms with Gasteiger partial charge in [-0.1, -0.05) is 12.1 Å². The van der Waals surface area contributed by atoms with E-state index in [0.717, 1.165) is 31.7 Å². The van der Waals surface area contributed by atoms with E-state index in [1.165, 1.54) is 0 Å². The number of anilines is 2. The maximum atomic E-state index is 12.7. The van der Waals surface area contributed by atoms with E-state index in [2.05, 4.69) is 25.3 Å². The molecule has 0 atom stereocenters. The Labute approximate surface area is 163 Å². The molecule has 3 aromatic rings. The maximum absolute atomic E-state index is 12.7. The fourth-order valence-electron chi connectivity index (χ4n) is 3.51. The predicted octanol–water partition coefficient (Wildman–Crippen LogP) is 2.78. The van der Waals surface area contributed by atoms with Gasteiger partial charge in [-0.05, 0) is 25.0 Å². The molecule has 1 aliphatic rings. The van der Waals surface area contributed by atoms with Gasteiger partial charge in [-0.3, -0.25) is 9.78 Å². The zero-order valence-electron chi connectivity index (χ0n) is 15.7. The standard InChI is InChI=1S/C20H22N6O2/c1-28-17-5-3-2-4-16(17)20(27)24-18-6-9-23-26(18)15-7-12-25(13-8-15)19-14-21-10-11-22-19/h2-6,9-11,14-15H,7-8,12-13H2,1H3,(H,24,27). The summed E-state index contributed by atoms with van der Waals surface area (Å²) in [6.45, 7) is 1.73. The topological polar surface area (TPSA) is 85.2 Å². The summed E-state index contributed by atoms with van der Waals surface area (Å²) >= 11 is 0. The molecule has 4 rings (SSSR count). The van der Waals surface area contributed by atoms with Gasteiger partial charge in [-0.2, -0.15) is 5.10 Å². The van der Waals surface area contributed by atoms with Gasteiger partial charge in [0.05, 0.1) is 31.1 Å². The zero-order valence-corrected chi connectivity index (χ0v) is 15.7. The van der Waals surface area contributed by atoms with Gasteiger partial charge in [0, 0.05) is 31.5 Å². The lowest BCUT2D eigenvalue weighted by atomic mass is 10.1. The molecule has 0 radical (unpaired) electrons. The molecule has 8 heteroatoms. The van der Waals surface area contributed by atoms with Crippen molar-refractivity contribution in [2.75, 3.05) is 30.4 Å². The minimum absolute atomic E-state index is 0.212. The largest absolute Gasteiger partial charge is 0.496 e. The number of nitrogens with one attached hydrogen (secondary N) is 1. The molecular weight excluding hydrogens is 356 g/mol. The Kier molecular flexibility index (Phi) is 5.18. The smallest absolute Gasteiger partial charge is 0.260 e. The van der Waals surface area contributed by atoms with Crippen LogP contribution in [0.5, 0.6) is 5.75 Å². The summed E-state index contributed by atoms with van der Waals surface area (Å²) in [7, 11) is 1.56. The van der Waals surface area contributed by atoms with E-state index in [9.17, 15) is 4.79 Å². The number of nitrogens with zero attached hydrogens (tertiary/aromatic N) is 5. The number of carbonyl (C=O) groups excluding carboxylic acids is 1. The lowest BCUT2D eigenvalue weighted by molar-refractivity contribution is 0.102. The van der Waals surface area contributed by atoms with Gasteiger partial charge >= 0.3 is 0 Å². The summed E-state index contributed by atoms with van der Waals surface area (Å²) in [5.74, 6) is 1.92. The average molecular weight is 378 g/mol. The number of carbonyl (C=O) groups is 1. The normalized spacial score (nSPS) is 14.7. The maximum Gasteiger partial charge on any atom is 0.260 e. The van der Waals surface area contributed by atoms with Gasteiger partial charge in [0.25, 0.3) is 5.91 Å². The molecule has 144 valence electrons. The highest BCUT2D eigenvalue weighted by Crippen LogP contribution is 2.28. The first-order valence-corrected chi connectivity index (χ1v) is 9.25. The van der Waals surface area contributed by atoms with Crippen LogP contribution in [0, 0.1) is 0 Å². The second kappa shape index (κ2) is 8.08. The molecule has 1 amide bonds. The van der Waals surface area contributed by atoms with Gasteiger partial charge in [0.15, 0.2) is 0 Å². The molecule has 0 bridgehead atoms. The zero-order chi connectivity index (χ0) is 19.3. The van der Waals surface area contributed by atoms with Crippen LogP contribution in [0.3, 0.4) is 0 Å². The highest BCUT2D eigenvalue weighted by Gasteiger charge is 2.24. The van der Waals surface area contributed by atoms with Crippen LogP contribution in [0.1, 0.15) is 29.2 Å². The summed E-state index contributed by atoms with van der Waals surface area (Å²) in [4.78, 5) is 23.4. The number of para-hydroxylation sites is 1. The number of methoxy groups -OCH3 is 1. The molecule has 0 aliphatic carbocycles. The van der Waals surface area contributed by atoms with Crippen molar-refractivity contribution in [3.8, 4) is 5.75 Å². The van der Waals surface area contributed by atoms with Crippen molar-refractivity contribution >= 4 is 17.5 Å². The lowest BCUT2D eigenvalue weighted by Gasteiger charge is -2.33. The van der Waals surface area contributed by atoms with Crippen molar-refractivity contribution in [1.29, 1.82) is 0 Å². The van der Waals surface area contributed by atoms with Crippen molar-refractivity contribution in [2.24, 2.45) is 0 Å². The van der Waals surface area contributed by atoms with Gasteiger partial charge in [-0.15, -0.1) is 0 Å². The summed E-state index contributed by atoms with van der Waals surface area (Å²) in [6.07, 6.45) is 8.71. The molecule has 1 aliphatic heterocycles. The molecular formula is C20H22N6O2. The number of benzene rings is 1. The number of hydrogen-bond acceptors (Lipinski definition) is 6. The highest BCUT2D eigenvalue weighted by molar-refractivity contribution is 6.05. The molecule has 0 saturated carbocycles. The third-order valence-corrected chi connectivity index (χ3v) is 4.95. The Morgan fingerprint density at radius 1 is 1.14 bits per heavy atom. The number of aromatic nitrogens is 4. The van der Waals surface area contributed by atoms with E-state index in [-0.39, 0.29) is 11.9 Å². The molecule has 0 unspecified atom stereocenters. The number of hydrogen-bond donors (Lipinski definition) is 1. The quantitative estimate of drug-likeness (QED) is 0.735.